The molecule has 9 N–H and O–H groups in total. The number of benzene rings is 1. The van der Waals surface area contributed by atoms with E-state index < -0.39 is 29.9 Å². The summed E-state index contributed by atoms with van der Waals surface area (Å²) in [5.41, 5.74) is 17.1. The molecule has 0 unspecified atom stereocenters. The number of phenolic OH excluding ortho intramolecular Hbond substituents is 1. The van der Waals surface area contributed by atoms with Crippen molar-refractivity contribution in [3.05, 3.63) is 29.8 Å². The Morgan fingerprint density at radius 2 is 1.82 bits per heavy atom. The van der Waals surface area contributed by atoms with Gasteiger partial charge in [-0.25, -0.2) is 0 Å². The molecule has 0 spiro atoms. The maximum Gasteiger partial charge on any atom is 0.242 e. The lowest BCUT2D eigenvalue weighted by atomic mass is 10.1. The average molecular weight is 392 g/mol. The van der Waals surface area contributed by atoms with Crippen molar-refractivity contribution in [2.75, 3.05) is 6.54 Å². The predicted octanol–water partition coefficient (Wildman–Crippen LogP) is -1.50. The van der Waals surface area contributed by atoms with Gasteiger partial charge in [0, 0.05) is 6.54 Å². The second kappa shape index (κ2) is 11.5. The average Bonchev–Trinajstić information content (AvgIpc) is 2.65. The Balaban J connectivity index is 2.46. The molecule has 0 aliphatic rings. The molecule has 0 fully saturated rings. The van der Waals surface area contributed by atoms with Gasteiger partial charge in [-0.2, -0.15) is 0 Å². The molecule has 0 saturated carbocycles. The molecule has 10 heteroatoms. The minimum absolute atomic E-state index is 0.0355. The topological polar surface area (TPSA) is 186 Å². The quantitative estimate of drug-likeness (QED) is 0.114. The number of amides is 2. The van der Waals surface area contributed by atoms with Crippen LogP contribution in [0.4, 0.5) is 0 Å². The summed E-state index contributed by atoms with van der Waals surface area (Å²) >= 11 is 0. The number of carbonyl (C=O) groups is 3. The van der Waals surface area contributed by atoms with Gasteiger partial charge < -0.3 is 37.7 Å². The van der Waals surface area contributed by atoms with Crippen LogP contribution in [0.5, 0.6) is 5.75 Å². The number of carbonyl (C=O) groups excluding carboxylic acids is 3. The molecule has 0 radical (unpaired) electrons. The van der Waals surface area contributed by atoms with Gasteiger partial charge in [-0.1, -0.05) is 12.1 Å². The number of guanidine groups is 1. The number of aromatic hydroxyl groups is 1. The minimum Gasteiger partial charge on any atom is -0.508 e. The van der Waals surface area contributed by atoms with E-state index in [1.807, 2.05) is 0 Å². The van der Waals surface area contributed by atoms with Crippen molar-refractivity contribution in [2.45, 2.75) is 44.3 Å². The van der Waals surface area contributed by atoms with Crippen molar-refractivity contribution in [1.29, 1.82) is 0 Å². The first kappa shape index (κ1) is 22.9. The van der Waals surface area contributed by atoms with Crippen LogP contribution < -0.4 is 27.8 Å². The molecule has 0 aliphatic carbocycles. The summed E-state index contributed by atoms with van der Waals surface area (Å²) in [6.07, 6.45) is 1.76. The van der Waals surface area contributed by atoms with E-state index in [4.69, 9.17) is 17.2 Å². The maximum atomic E-state index is 12.2. The highest BCUT2D eigenvalue weighted by Crippen LogP contribution is 2.11. The van der Waals surface area contributed by atoms with Crippen LogP contribution in [0.25, 0.3) is 0 Å². The van der Waals surface area contributed by atoms with E-state index >= 15 is 0 Å². The summed E-state index contributed by atoms with van der Waals surface area (Å²) in [6.45, 7) is 1.85. The minimum atomic E-state index is -0.862. The molecule has 3 atom stereocenters. The number of nitrogens with two attached hydrogens (primary N) is 3. The molecule has 1 rings (SSSR count). The van der Waals surface area contributed by atoms with E-state index in [1.54, 1.807) is 12.1 Å². The van der Waals surface area contributed by atoms with Crippen LogP contribution in [0.2, 0.25) is 0 Å². The largest absolute Gasteiger partial charge is 0.508 e. The van der Waals surface area contributed by atoms with Crippen LogP contribution >= 0.6 is 0 Å². The molecule has 0 bridgehead atoms. The van der Waals surface area contributed by atoms with Crippen molar-refractivity contribution in [3.63, 3.8) is 0 Å². The Hall–Kier alpha value is -3.14. The van der Waals surface area contributed by atoms with Crippen LogP contribution in [0, 0.1) is 0 Å². The van der Waals surface area contributed by atoms with E-state index in [0.717, 1.165) is 5.56 Å². The number of hydrogen-bond acceptors (Lipinski definition) is 6. The maximum absolute atomic E-state index is 12.2. The first-order chi connectivity index (χ1) is 13.2. The molecular weight excluding hydrogens is 364 g/mol. The van der Waals surface area contributed by atoms with Gasteiger partial charge in [0.05, 0.1) is 12.1 Å². The molecule has 1 aromatic rings. The van der Waals surface area contributed by atoms with Crippen LogP contribution in [0.15, 0.2) is 29.3 Å². The molecule has 0 aromatic heterocycles. The van der Waals surface area contributed by atoms with Crippen LogP contribution in [-0.4, -0.2) is 53.8 Å². The SMILES string of the molecule is C[C@H](NC(=O)[C@@H](N)Cc1ccc(O)cc1)C(=O)N[C@H](C=O)CCCN=C(N)N. The highest BCUT2D eigenvalue weighted by molar-refractivity contribution is 5.90. The van der Waals surface area contributed by atoms with E-state index in [2.05, 4.69) is 15.6 Å². The van der Waals surface area contributed by atoms with Gasteiger partial charge in [0.1, 0.15) is 18.1 Å². The van der Waals surface area contributed by atoms with Crippen molar-refractivity contribution in [3.8, 4) is 5.75 Å². The standard InChI is InChI=1S/C18H28N6O4/c1-11(16(27)24-13(10-25)3-2-8-22-18(20)21)23-17(28)15(19)9-12-4-6-14(26)7-5-12/h4-7,10-11,13,15,26H,2-3,8-9,19H2,1H3,(H,23,28)(H,24,27)(H4,20,21,22)/t11-,13-,15-/m0/s1. The fraction of sp³-hybridized carbons (Fsp3) is 0.444. The second-order valence-electron chi connectivity index (χ2n) is 6.41. The monoisotopic (exact) mass is 392 g/mol. The summed E-state index contributed by atoms with van der Waals surface area (Å²) < 4.78 is 0. The van der Waals surface area contributed by atoms with Gasteiger partial charge in [-0.3, -0.25) is 14.6 Å². The van der Waals surface area contributed by atoms with E-state index in [-0.39, 0.29) is 18.1 Å². The lowest BCUT2D eigenvalue weighted by molar-refractivity contribution is -0.130. The Bertz CT molecular complexity index is 688. The number of aliphatic imine (C=N–C) groups is 1. The lowest BCUT2D eigenvalue weighted by Crippen LogP contribution is -2.52. The zero-order valence-corrected chi connectivity index (χ0v) is 15.8. The molecule has 0 aliphatic heterocycles. The van der Waals surface area contributed by atoms with Gasteiger partial charge >= 0.3 is 0 Å². The first-order valence-corrected chi connectivity index (χ1v) is 8.87. The molecule has 10 nitrogen and oxygen atoms in total. The zero-order chi connectivity index (χ0) is 21.1. The Labute approximate surface area is 163 Å². The normalized spacial score (nSPS) is 13.6. The van der Waals surface area contributed by atoms with Crippen LogP contribution in [0.1, 0.15) is 25.3 Å². The molecule has 0 saturated heterocycles. The second-order valence-corrected chi connectivity index (χ2v) is 6.41. The van der Waals surface area contributed by atoms with Crippen molar-refractivity contribution in [2.24, 2.45) is 22.2 Å². The number of nitrogens with zero attached hydrogens (tertiary/aromatic N) is 1. The third kappa shape index (κ3) is 8.49. The predicted molar refractivity (Wildman–Crippen MR) is 105 cm³/mol. The Morgan fingerprint density at radius 1 is 1.18 bits per heavy atom. The Kier molecular flexibility index (Phi) is 9.44. The van der Waals surface area contributed by atoms with Crippen LogP contribution in [0.3, 0.4) is 0 Å². The number of aldehydes is 1. The molecular formula is C18H28N6O4. The van der Waals surface area contributed by atoms with E-state index in [0.29, 0.717) is 25.7 Å². The summed E-state index contributed by atoms with van der Waals surface area (Å²) in [6, 6.07) is 3.91. The van der Waals surface area contributed by atoms with Gasteiger partial charge in [0.2, 0.25) is 11.8 Å². The summed E-state index contributed by atoms with van der Waals surface area (Å²) in [7, 11) is 0. The lowest BCUT2D eigenvalue weighted by Gasteiger charge is -2.19. The fourth-order valence-corrected chi connectivity index (χ4v) is 2.37. The molecule has 0 heterocycles. The Morgan fingerprint density at radius 3 is 2.39 bits per heavy atom. The number of rotatable bonds is 11. The van der Waals surface area contributed by atoms with Gasteiger partial charge in [-0.05, 0) is 43.9 Å². The van der Waals surface area contributed by atoms with E-state index in [9.17, 15) is 19.5 Å². The first-order valence-electron chi connectivity index (χ1n) is 8.87. The third-order valence-corrected chi connectivity index (χ3v) is 3.94. The van der Waals surface area contributed by atoms with Crippen molar-refractivity contribution < 1.29 is 19.5 Å². The highest BCUT2D eigenvalue weighted by atomic mass is 16.3. The highest BCUT2D eigenvalue weighted by Gasteiger charge is 2.22. The smallest absolute Gasteiger partial charge is 0.242 e. The van der Waals surface area contributed by atoms with Gasteiger partial charge in [-0.15, -0.1) is 0 Å². The number of phenols is 1. The van der Waals surface area contributed by atoms with Gasteiger partial charge in [0.15, 0.2) is 5.96 Å². The summed E-state index contributed by atoms with van der Waals surface area (Å²) in [5.74, 6) is -0.906. The molecule has 1 aromatic carbocycles. The number of hydrogen-bond donors (Lipinski definition) is 6. The summed E-state index contributed by atoms with van der Waals surface area (Å²) in [4.78, 5) is 39.3. The van der Waals surface area contributed by atoms with Crippen molar-refractivity contribution >= 4 is 24.1 Å². The molecule has 154 valence electrons. The van der Waals surface area contributed by atoms with Crippen LogP contribution in [-0.2, 0) is 20.8 Å². The zero-order valence-electron chi connectivity index (χ0n) is 15.8. The summed E-state index contributed by atoms with van der Waals surface area (Å²) in [5, 5.41) is 14.3. The fourth-order valence-electron chi connectivity index (χ4n) is 2.37. The molecule has 2 amide bonds. The molecule has 28 heavy (non-hydrogen) atoms. The van der Waals surface area contributed by atoms with Crippen molar-refractivity contribution in [1.82, 2.24) is 10.6 Å². The number of nitrogens with one attached hydrogen (secondary N) is 2. The van der Waals surface area contributed by atoms with E-state index in [1.165, 1.54) is 19.1 Å². The van der Waals surface area contributed by atoms with Gasteiger partial charge in [0.25, 0.3) is 0 Å². The third-order valence-electron chi connectivity index (χ3n) is 3.94.